The van der Waals surface area contributed by atoms with Crippen LogP contribution in [0.25, 0.3) is 6.08 Å². The number of carbonyl (C=O) groups is 1. The van der Waals surface area contributed by atoms with Crippen LogP contribution in [0.2, 0.25) is 0 Å². The van der Waals surface area contributed by atoms with E-state index in [-0.39, 0.29) is 5.97 Å². The summed E-state index contributed by atoms with van der Waals surface area (Å²) in [7, 11) is 0. The van der Waals surface area contributed by atoms with Crippen LogP contribution >= 0.6 is 0 Å². The second-order valence-corrected chi connectivity index (χ2v) is 5.16. The Balaban J connectivity index is 1.41. The zero-order valence-corrected chi connectivity index (χ0v) is 12.7. The molecule has 0 saturated carbocycles. The van der Waals surface area contributed by atoms with E-state index in [1.165, 1.54) is 11.6 Å². The Morgan fingerprint density at radius 2 is 1.91 bits per heavy atom. The van der Waals surface area contributed by atoms with Crippen molar-refractivity contribution < 1.29 is 9.53 Å². The molecule has 1 aliphatic heterocycles. The third-order valence-corrected chi connectivity index (χ3v) is 3.53. The van der Waals surface area contributed by atoms with Crippen molar-refractivity contribution in [2.45, 2.75) is 6.54 Å². The molecule has 116 valence electrons. The van der Waals surface area contributed by atoms with Crippen LogP contribution in [0.5, 0.6) is 0 Å². The summed E-state index contributed by atoms with van der Waals surface area (Å²) in [5.41, 5.74) is 3.32. The number of fused-ring (bicyclic) bond motifs is 1. The van der Waals surface area contributed by atoms with E-state index in [1.54, 1.807) is 6.08 Å². The maximum absolute atomic E-state index is 11.6. The predicted molar refractivity (Wildman–Crippen MR) is 91.1 cm³/mol. The van der Waals surface area contributed by atoms with Crippen LogP contribution in [-0.4, -0.2) is 25.0 Å². The maximum Gasteiger partial charge on any atom is 0.330 e. The second-order valence-electron chi connectivity index (χ2n) is 5.16. The van der Waals surface area contributed by atoms with Gasteiger partial charge in [-0.15, -0.1) is 0 Å². The molecular formula is C19H18N2O2. The van der Waals surface area contributed by atoms with E-state index in [1.807, 2.05) is 48.5 Å². The van der Waals surface area contributed by atoms with Gasteiger partial charge in [-0.1, -0.05) is 54.6 Å². The molecule has 0 saturated heterocycles. The molecular weight excluding hydrogens is 288 g/mol. The molecule has 2 aromatic rings. The number of benzene rings is 2. The zero-order valence-electron chi connectivity index (χ0n) is 12.7. The van der Waals surface area contributed by atoms with Crippen molar-refractivity contribution in [1.82, 2.24) is 5.32 Å². The molecule has 0 spiro atoms. The molecule has 3 rings (SSSR count). The number of ether oxygens (including phenoxy) is 1. The number of amidine groups is 1. The summed E-state index contributed by atoms with van der Waals surface area (Å²) in [6.07, 6.45) is 3.19. The van der Waals surface area contributed by atoms with Gasteiger partial charge in [-0.05, 0) is 17.2 Å². The lowest BCUT2D eigenvalue weighted by molar-refractivity contribution is -0.137. The smallest absolute Gasteiger partial charge is 0.330 e. The topological polar surface area (TPSA) is 50.7 Å². The zero-order chi connectivity index (χ0) is 15.9. The fraction of sp³-hybridized carbons (Fsp3) is 0.158. The molecule has 0 aromatic heterocycles. The van der Waals surface area contributed by atoms with Gasteiger partial charge in [0.25, 0.3) is 0 Å². The Morgan fingerprint density at radius 3 is 2.78 bits per heavy atom. The van der Waals surface area contributed by atoms with Gasteiger partial charge in [-0.3, -0.25) is 4.99 Å². The first-order valence-electron chi connectivity index (χ1n) is 7.59. The summed E-state index contributed by atoms with van der Waals surface area (Å²) in [6, 6.07) is 17.8. The summed E-state index contributed by atoms with van der Waals surface area (Å²) < 4.78 is 5.17. The molecule has 2 aromatic carbocycles. The molecule has 0 unspecified atom stereocenters. The number of hydrogen-bond donors (Lipinski definition) is 1. The third kappa shape index (κ3) is 4.07. The molecule has 1 N–H and O–H groups in total. The van der Waals surface area contributed by atoms with Crippen molar-refractivity contribution in [3.8, 4) is 0 Å². The van der Waals surface area contributed by atoms with Crippen molar-refractivity contribution in [2.75, 3.05) is 13.2 Å². The molecule has 4 nitrogen and oxygen atoms in total. The van der Waals surface area contributed by atoms with E-state index in [9.17, 15) is 4.79 Å². The molecule has 0 atom stereocenters. The fourth-order valence-corrected chi connectivity index (χ4v) is 2.39. The van der Waals surface area contributed by atoms with Gasteiger partial charge in [0.05, 0.1) is 13.1 Å². The van der Waals surface area contributed by atoms with Crippen molar-refractivity contribution in [1.29, 1.82) is 0 Å². The molecule has 0 fully saturated rings. The highest BCUT2D eigenvalue weighted by atomic mass is 16.5. The first kappa shape index (κ1) is 15.0. The minimum Gasteiger partial charge on any atom is -0.461 e. The summed E-state index contributed by atoms with van der Waals surface area (Å²) in [5.74, 6) is 0.529. The lowest BCUT2D eigenvalue weighted by atomic mass is 10.1. The Kier molecular flexibility index (Phi) is 4.84. The number of aliphatic imine (C=N–C) groups is 1. The molecule has 1 heterocycles. The van der Waals surface area contributed by atoms with Gasteiger partial charge in [0, 0.05) is 11.6 Å². The first-order chi connectivity index (χ1) is 11.3. The summed E-state index contributed by atoms with van der Waals surface area (Å²) in [4.78, 5) is 16.1. The van der Waals surface area contributed by atoms with Crippen LogP contribution in [0.15, 0.2) is 65.7 Å². The lowest BCUT2D eigenvalue weighted by Crippen LogP contribution is -2.27. The Morgan fingerprint density at radius 1 is 1.13 bits per heavy atom. The Labute approximate surface area is 135 Å². The number of esters is 1. The van der Waals surface area contributed by atoms with Crippen LogP contribution in [0.1, 0.15) is 16.7 Å². The van der Waals surface area contributed by atoms with Crippen LogP contribution in [0.3, 0.4) is 0 Å². The van der Waals surface area contributed by atoms with Crippen LogP contribution in [-0.2, 0) is 16.1 Å². The van der Waals surface area contributed by atoms with E-state index in [4.69, 9.17) is 4.74 Å². The van der Waals surface area contributed by atoms with E-state index >= 15 is 0 Å². The third-order valence-electron chi connectivity index (χ3n) is 3.53. The van der Waals surface area contributed by atoms with Gasteiger partial charge in [-0.25, -0.2) is 4.79 Å². The number of nitrogens with one attached hydrogen (secondary N) is 1. The Bertz CT molecular complexity index is 736. The van der Waals surface area contributed by atoms with Gasteiger partial charge in [-0.2, -0.15) is 0 Å². The monoisotopic (exact) mass is 306 g/mol. The van der Waals surface area contributed by atoms with Crippen LogP contribution in [0.4, 0.5) is 0 Å². The average Bonchev–Trinajstić information content (AvgIpc) is 3.01. The summed E-state index contributed by atoms with van der Waals surface area (Å²) in [5, 5.41) is 3.22. The number of hydrogen-bond acceptors (Lipinski definition) is 4. The quantitative estimate of drug-likeness (QED) is 0.525. The number of rotatable bonds is 5. The molecule has 0 aliphatic carbocycles. The largest absolute Gasteiger partial charge is 0.461 e. The fourth-order valence-electron chi connectivity index (χ4n) is 2.39. The van der Waals surface area contributed by atoms with Crippen LogP contribution < -0.4 is 5.32 Å². The molecule has 4 heteroatoms. The van der Waals surface area contributed by atoms with Gasteiger partial charge in [0.2, 0.25) is 0 Å². The van der Waals surface area contributed by atoms with Crippen molar-refractivity contribution in [3.05, 3.63) is 77.4 Å². The van der Waals surface area contributed by atoms with Gasteiger partial charge >= 0.3 is 5.97 Å². The SMILES string of the molecule is O=C(/C=C/c1ccccc1)OCCNC1=NCc2ccccc21. The summed E-state index contributed by atoms with van der Waals surface area (Å²) in [6.45, 7) is 1.55. The lowest BCUT2D eigenvalue weighted by Gasteiger charge is -2.07. The Hall–Kier alpha value is -2.88. The number of nitrogens with zero attached hydrogens (tertiary/aromatic N) is 1. The first-order valence-corrected chi connectivity index (χ1v) is 7.59. The minimum absolute atomic E-state index is 0.305. The predicted octanol–water partition coefficient (Wildman–Crippen LogP) is 2.79. The van der Waals surface area contributed by atoms with Gasteiger partial charge in [0.1, 0.15) is 12.4 Å². The van der Waals surface area contributed by atoms with Crippen molar-refractivity contribution in [2.24, 2.45) is 4.99 Å². The van der Waals surface area contributed by atoms with Crippen LogP contribution in [0, 0.1) is 0 Å². The standard InChI is InChI=1S/C19H18N2O2/c22-18(11-10-15-6-2-1-3-7-15)23-13-12-20-19-17-9-5-4-8-16(17)14-21-19/h1-11H,12-14H2,(H,20,21)/b11-10+. The highest BCUT2D eigenvalue weighted by molar-refractivity contribution is 6.01. The van der Waals surface area contributed by atoms with Crippen molar-refractivity contribution in [3.63, 3.8) is 0 Å². The van der Waals surface area contributed by atoms with E-state index in [2.05, 4.69) is 16.4 Å². The minimum atomic E-state index is -0.343. The van der Waals surface area contributed by atoms with E-state index < -0.39 is 0 Å². The normalized spacial score (nSPS) is 12.8. The molecule has 1 aliphatic rings. The summed E-state index contributed by atoms with van der Waals surface area (Å²) >= 11 is 0. The van der Waals surface area contributed by atoms with E-state index in [0.29, 0.717) is 19.7 Å². The second kappa shape index (κ2) is 7.40. The van der Waals surface area contributed by atoms with Crippen molar-refractivity contribution >= 4 is 17.9 Å². The van der Waals surface area contributed by atoms with Gasteiger partial charge in [0.15, 0.2) is 0 Å². The molecule has 0 bridgehead atoms. The molecule has 0 amide bonds. The highest BCUT2D eigenvalue weighted by Gasteiger charge is 2.13. The molecule has 0 radical (unpaired) electrons. The average molecular weight is 306 g/mol. The molecule has 23 heavy (non-hydrogen) atoms. The maximum atomic E-state index is 11.6. The van der Waals surface area contributed by atoms with E-state index in [0.717, 1.165) is 17.0 Å². The number of carbonyl (C=O) groups excluding carboxylic acids is 1. The van der Waals surface area contributed by atoms with Gasteiger partial charge < -0.3 is 10.1 Å². The highest BCUT2D eigenvalue weighted by Crippen LogP contribution is 2.16.